The van der Waals surface area contributed by atoms with E-state index in [4.69, 9.17) is 0 Å². The highest BCUT2D eigenvalue weighted by molar-refractivity contribution is 5.64. The zero-order chi connectivity index (χ0) is 21.1. The molecular formula is C20H25F4N3O. The van der Waals surface area contributed by atoms with Crippen LogP contribution in [-0.4, -0.2) is 34.3 Å². The molecule has 0 bridgehead atoms. The number of halogens is 4. The Morgan fingerprint density at radius 2 is 1.79 bits per heavy atom. The number of rotatable bonds is 8. The SMILES string of the molecule is CC(C)CC(C)(O)CN(C)c1ccc(-c2ccnc(C(F)F)c2)nc1C(F)F. The fourth-order valence-corrected chi connectivity index (χ4v) is 3.38. The second-order valence-corrected chi connectivity index (χ2v) is 7.62. The highest BCUT2D eigenvalue weighted by Crippen LogP contribution is 2.32. The van der Waals surface area contributed by atoms with Crippen LogP contribution in [0.15, 0.2) is 30.5 Å². The Morgan fingerprint density at radius 1 is 1.11 bits per heavy atom. The Balaban J connectivity index is 2.36. The molecule has 0 saturated heterocycles. The van der Waals surface area contributed by atoms with E-state index in [9.17, 15) is 22.7 Å². The molecule has 154 valence electrons. The van der Waals surface area contributed by atoms with Gasteiger partial charge >= 0.3 is 0 Å². The van der Waals surface area contributed by atoms with E-state index in [2.05, 4.69) is 9.97 Å². The predicted molar refractivity (Wildman–Crippen MR) is 101 cm³/mol. The minimum atomic E-state index is -2.86. The topological polar surface area (TPSA) is 49.2 Å². The van der Waals surface area contributed by atoms with Crippen molar-refractivity contribution in [3.8, 4) is 11.3 Å². The summed E-state index contributed by atoms with van der Waals surface area (Å²) >= 11 is 0. The van der Waals surface area contributed by atoms with Crippen LogP contribution in [0.3, 0.4) is 0 Å². The van der Waals surface area contributed by atoms with Crippen molar-refractivity contribution in [2.75, 3.05) is 18.5 Å². The molecule has 0 aromatic carbocycles. The van der Waals surface area contributed by atoms with E-state index in [1.165, 1.54) is 29.3 Å². The quantitative estimate of drug-likeness (QED) is 0.616. The number of hydrogen-bond acceptors (Lipinski definition) is 4. The van der Waals surface area contributed by atoms with Gasteiger partial charge in [0.15, 0.2) is 0 Å². The van der Waals surface area contributed by atoms with Gasteiger partial charge in [-0.05, 0) is 43.5 Å². The molecule has 0 amide bonds. The molecule has 0 saturated carbocycles. The first-order valence-corrected chi connectivity index (χ1v) is 8.97. The third-order valence-corrected chi connectivity index (χ3v) is 4.25. The van der Waals surface area contributed by atoms with Crippen molar-refractivity contribution >= 4 is 5.69 Å². The molecule has 0 radical (unpaired) electrons. The summed E-state index contributed by atoms with van der Waals surface area (Å²) in [5.74, 6) is 0.245. The molecule has 2 heterocycles. The first kappa shape index (κ1) is 22.1. The molecule has 2 rings (SSSR count). The number of hydrogen-bond donors (Lipinski definition) is 1. The summed E-state index contributed by atoms with van der Waals surface area (Å²) in [5.41, 5.74) is -1.33. The van der Waals surface area contributed by atoms with Crippen LogP contribution >= 0.6 is 0 Å². The number of alkyl halides is 4. The van der Waals surface area contributed by atoms with Gasteiger partial charge in [-0.15, -0.1) is 0 Å². The number of aliphatic hydroxyl groups is 1. The van der Waals surface area contributed by atoms with Gasteiger partial charge in [-0.2, -0.15) is 0 Å². The summed E-state index contributed by atoms with van der Waals surface area (Å²) in [6.07, 6.45) is -3.91. The second kappa shape index (κ2) is 8.86. The Labute approximate surface area is 162 Å². The van der Waals surface area contributed by atoms with Gasteiger partial charge in [-0.3, -0.25) is 4.98 Å². The zero-order valence-corrected chi connectivity index (χ0v) is 16.3. The largest absolute Gasteiger partial charge is 0.388 e. The van der Waals surface area contributed by atoms with Crippen LogP contribution in [0.25, 0.3) is 11.3 Å². The Kier molecular flexibility index (Phi) is 6.98. The van der Waals surface area contributed by atoms with E-state index in [-0.39, 0.29) is 29.4 Å². The number of pyridine rings is 2. The molecule has 4 nitrogen and oxygen atoms in total. The lowest BCUT2D eigenvalue weighted by Gasteiger charge is -2.32. The van der Waals surface area contributed by atoms with Crippen molar-refractivity contribution in [2.24, 2.45) is 5.92 Å². The predicted octanol–water partition coefficient (Wildman–Crippen LogP) is 5.25. The van der Waals surface area contributed by atoms with E-state index in [0.29, 0.717) is 6.42 Å². The van der Waals surface area contributed by atoms with Crippen molar-refractivity contribution in [3.05, 3.63) is 41.9 Å². The summed E-state index contributed by atoms with van der Waals surface area (Å²) in [5, 5.41) is 10.5. The van der Waals surface area contributed by atoms with Crippen LogP contribution in [0.5, 0.6) is 0 Å². The van der Waals surface area contributed by atoms with E-state index < -0.39 is 29.8 Å². The highest BCUT2D eigenvalue weighted by Gasteiger charge is 2.27. The maximum Gasteiger partial charge on any atom is 0.282 e. The number of nitrogens with zero attached hydrogens (tertiary/aromatic N) is 3. The molecule has 2 aromatic rings. The van der Waals surface area contributed by atoms with Crippen LogP contribution in [0.4, 0.5) is 23.2 Å². The van der Waals surface area contributed by atoms with Gasteiger partial charge in [0, 0.05) is 25.4 Å². The van der Waals surface area contributed by atoms with Gasteiger partial charge in [0.2, 0.25) is 0 Å². The molecule has 2 aromatic heterocycles. The standard InChI is InChI=1S/C20H25F4N3O/c1-12(2)10-20(3,28)11-27(4)16-6-5-14(26-17(16)19(23)24)13-7-8-25-15(9-13)18(21)22/h5-9,12,18-19,28H,10-11H2,1-4H3. The zero-order valence-electron chi connectivity index (χ0n) is 16.3. The molecule has 0 spiro atoms. The van der Waals surface area contributed by atoms with E-state index >= 15 is 0 Å². The van der Waals surface area contributed by atoms with Crippen molar-refractivity contribution in [2.45, 2.75) is 45.6 Å². The van der Waals surface area contributed by atoms with Gasteiger partial charge < -0.3 is 10.0 Å². The number of aromatic nitrogens is 2. The van der Waals surface area contributed by atoms with Crippen LogP contribution < -0.4 is 4.90 Å². The Hall–Kier alpha value is -2.22. The van der Waals surface area contributed by atoms with E-state index in [1.807, 2.05) is 13.8 Å². The molecule has 28 heavy (non-hydrogen) atoms. The summed E-state index contributed by atoms with van der Waals surface area (Å²) in [6.45, 7) is 5.75. The summed E-state index contributed by atoms with van der Waals surface area (Å²) in [4.78, 5) is 9.12. The third kappa shape index (κ3) is 5.64. The van der Waals surface area contributed by atoms with Crippen molar-refractivity contribution in [3.63, 3.8) is 0 Å². The van der Waals surface area contributed by atoms with Gasteiger partial charge in [-0.1, -0.05) is 13.8 Å². The normalized spacial score (nSPS) is 14.0. The van der Waals surface area contributed by atoms with Gasteiger partial charge in [-0.25, -0.2) is 22.5 Å². The first-order chi connectivity index (χ1) is 13.0. The molecule has 0 aliphatic rings. The second-order valence-electron chi connectivity index (χ2n) is 7.62. The minimum Gasteiger partial charge on any atom is -0.388 e. The van der Waals surface area contributed by atoms with Crippen molar-refractivity contribution in [1.29, 1.82) is 0 Å². The van der Waals surface area contributed by atoms with Crippen LogP contribution in [0, 0.1) is 5.92 Å². The maximum atomic E-state index is 13.7. The lowest BCUT2D eigenvalue weighted by molar-refractivity contribution is 0.0460. The average molecular weight is 399 g/mol. The number of likely N-dealkylation sites (N-methyl/N-ethyl adjacent to an activating group) is 1. The lowest BCUT2D eigenvalue weighted by atomic mass is 9.93. The van der Waals surface area contributed by atoms with Crippen LogP contribution in [0.2, 0.25) is 0 Å². The summed E-state index contributed by atoms with van der Waals surface area (Å²) in [7, 11) is 1.61. The van der Waals surface area contributed by atoms with Crippen LogP contribution in [0.1, 0.15) is 51.4 Å². The highest BCUT2D eigenvalue weighted by atomic mass is 19.3. The molecule has 0 aliphatic heterocycles. The summed E-state index contributed by atoms with van der Waals surface area (Å²) < 4.78 is 53.0. The van der Waals surface area contributed by atoms with Gasteiger partial charge in [0.05, 0.1) is 17.0 Å². The number of anilines is 1. The Bertz CT molecular complexity index is 797. The van der Waals surface area contributed by atoms with E-state index in [1.54, 1.807) is 14.0 Å². The fraction of sp³-hybridized carbons (Fsp3) is 0.500. The molecule has 1 atom stereocenters. The molecular weight excluding hydrogens is 374 g/mol. The maximum absolute atomic E-state index is 13.7. The smallest absolute Gasteiger partial charge is 0.282 e. The first-order valence-electron chi connectivity index (χ1n) is 8.97. The molecule has 0 fully saturated rings. The van der Waals surface area contributed by atoms with Crippen molar-refractivity contribution < 1.29 is 22.7 Å². The van der Waals surface area contributed by atoms with Crippen molar-refractivity contribution in [1.82, 2.24) is 9.97 Å². The monoisotopic (exact) mass is 399 g/mol. The lowest BCUT2D eigenvalue weighted by Crippen LogP contribution is -2.40. The van der Waals surface area contributed by atoms with Crippen LogP contribution in [-0.2, 0) is 0 Å². The van der Waals surface area contributed by atoms with Gasteiger partial charge in [0.1, 0.15) is 11.4 Å². The fourth-order valence-electron chi connectivity index (χ4n) is 3.38. The van der Waals surface area contributed by atoms with Gasteiger partial charge in [0.25, 0.3) is 12.9 Å². The average Bonchev–Trinajstić information content (AvgIpc) is 2.59. The molecule has 0 aliphatic carbocycles. The Morgan fingerprint density at radius 3 is 2.36 bits per heavy atom. The summed E-state index contributed by atoms with van der Waals surface area (Å²) in [6, 6.07) is 5.55. The molecule has 8 heteroatoms. The van der Waals surface area contributed by atoms with E-state index in [0.717, 1.165) is 6.07 Å². The molecule has 1 N–H and O–H groups in total. The third-order valence-electron chi connectivity index (χ3n) is 4.25. The minimum absolute atomic E-state index is 0.150. The molecule has 1 unspecified atom stereocenters.